The predicted octanol–water partition coefficient (Wildman–Crippen LogP) is 3.80. The number of hydrogen-bond donors (Lipinski definition) is 1. The Kier molecular flexibility index (Phi) is 4.21. The third-order valence-corrected chi connectivity index (χ3v) is 6.74. The van der Waals surface area contributed by atoms with Gasteiger partial charge in [0.2, 0.25) is 5.91 Å². The maximum atomic E-state index is 12.3. The number of fused-ring (bicyclic) bond motifs is 1. The smallest absolute Gasteiger partial charge is 0.223 e. The van der Waals surface area contributed by atoms with Crippen LogP contribution in [0.1, 0.15) is 43.2 Å². The quantitative estimate of drug-likeness (QED) is 0.922. The fraction of sp³-hybridized carbons (Fsp3) is 0.579. The summed E-state index contributed by atoms with van der Waals surface area (Å²) in [5, 5.41) is 4.31. The molecule has 0 atom stereocenters. The molecule has 2 aromatic rings. The lowest BCUT2D eigenvalue weighted by Gasteiger charge is -2.33. The third kappa shape index (κ3) is 2.90. The van der Waals surface area contributed by atoms with Crippen molar-refractivity contribution in [2.45, 2.75) is 52.0 Å². The molecule has 0 radical (unpaired) electrons. The number of piperidine rings is 1. The molecule has 24 heavy (non-hydrogen) atoms. The van der Waals surface area contributed by atoms with E-state index in [2.05, 4.69) is 36.2 Å². The summed E-state index contributed by atoms with van der Waals surface area (Å²) in [6, 6.07) is 4.81. The highest BCUT2D eigenvalue weighted by atomic mass is 32.1. The molecule has 0 bridgehead atoms. The molecule has 1 aliphatic carbocycles. The Balaban J connectivity index is 1.42. The summed E-state index contributed by atoms with van der Waals surface area (Å²) in [5.41, 5.74) is 3.72. The monoisotopic (exact) mass is 343 g/mol. The number of carbonyl (C=O) groups excluding carboxylic acids is 1. The average molecular weight is 343 g/mol. The molecule has 4 rings (SSSR count). The van der Waals surface area contributed by atoms with E-state index < -0.39 is 0 Å². The lowest BCUT2D eigenvalue weighted by Crippen LogP contribution is -2.46. The SMILES string of the molecule is Cc1ccc2sc(N3CCC(C(=O)NC4CCC4)CC3)nc2c1C. The Morgan fingerprint density at radius 3 is 2.62 bits per heavy atom. The Morgan fingerprint density at radius 2 is 1.96 bits per heavy atom. The van der Waals surface area contributed by atoms with Gasteiger partial charge in [-0.2, -0.15) is 0 Å². The van der Waals surface area contributed by atoms with Gasteiger partial charge in [0, 0.05) is 25.0 Å². The zero-order valence-corrected chi connectivity index (χ0v) is 15.3. The van der Waals surface area contributed by atoms with Crippen LogP contribution >= 0.6 is 11.3 Å². The summed E-state index contributed by atoms with van der Waals surface area (Å²) in [6.45, 7) is 6.15. The summed E-state index contributed by atoms with van der Waals surface area (Å²) in [4.78, 5) is 19.6. The van der Waals surface area contributed by atoms with Crippen molar-refractivity contribution < 1.29 is 4.79 Å². The van der Waals surface area contributed by atoms with E-state index in [9.17, 15) is 4.79 Å². The number of aryl methyl sites for hydroxylation is 2. The number of nitrogens with zero attached hydrogens (tertiary/aromatic N) is 2. The van der Waals surface area contributed by atoms with Crippen molar-refractivity contribution in [3.05, 3.63) is 23.3 Å². The normalized spacial score (nSPS) is 19.5. The number of amides is 1. The lowest BCUT2D eigenvalue weighted by atomic mass is 9.90. The van der Waals surface area contributed by atoms with E-state index in [4.69, 9.17) is 4.98 Å². The predicted molar refractivity (Wildman–Crippen MR) is 99.8 cm³/mol. The summed E-state index contributed by atoms with van der Waals surface area (Å²) >= 11 is 1.77. The van der Waals surface area contributed by atoms with Gasteiger partial charge < -0.3 is 10.2 Å². The first-order chi connectivity index (χ1) is 11.6. The topological polar surface area (TPSA) is 45.2 Å². The van der Waals surface area contributed by atoms with Gasteiger partial charge in [0.25, 0.3) is 0 Å². The molecule has 1 saturated carbocycles. The fourth-order valence-electron chi connectivity index (χ4n) is 3.55. The average Bonchev–Trinajstić information content (AvgIpc) is 2.99. The molecule has 128 valence electrons. The number of rotatable bonds is 3. The lowest BCUT2D eigenvalue weighted by molar-refractivity contribution is -0.126. The van der Waals surface area contributed by atoms with Crippen LogP contribution in [0.5, 0.6) is 0 Å². The molecule has 1 amide bonds. The fourth-order valence-corrected chi connectivity index (χ4v) is 4.63. The van der Waals surface area contributed by atoms with Gasteiger partial charge in [0.05, 0.1) is 10.2 Å². The van der Waals surface area contributed by atoms with Gasteiger partial charge in [0.1, 0.15) is 0 Å². The van der Waals surface area contributed by atoms with Crippen LogP contribution in [0.15, 0.2) is 12.1 Å². The molecule has 2 aliphatic rings. The second-order valence-corrected chi connectivity index (χ2v) is 8.26. The van der Waals surface area contributed by atoms with E-state index in [0.717, 1.165) is 49.4 Å². The number of hydrogen-bond acceptors (Lipinski definition) is 4. The molecule has 5 heteroatoms. The number of aromatic nitrogens is 1. The van der Waals surface area contributed by atoms with Crippen molar-refractivity contribution in [2.24, 2.45) is 5.92 Å². The second-order valence-electron chi connectivity index (χ2n) is 7.25. The van der Waals surface area contributed by atoms with E-state index >= 15 is 0 Å². The zero-order chi connectivity index (χ0) is 16.7. The first kappa shape index (κ1) is 15.9. The molecule has 1 aromatic heterocycles. The van der Waals surface area contributed by atoms with Gasteiger partial charge in [-0.3, -0.25) is 4.79 Å². The van der Waals surface area contributed by atoms with E-state index in [1.165, 1.54) is 22.2 Å². The molecule has 1 aromatic carbocycles. The van der Waals surface area contributed by atoms with Crippen LogP contribution in [0.25, 0.3) is 10.2 Å². The van der Waals surface area contributed by atoms with E-state index in [1.807, 2.05) is 0 Å². The number of carbonyl (C=O) groups is 1. The molecule has 1 aliphatic heterocycles. The van der Waals surface area contributed by atoms with Crippen molar-refractivity contribution >= 4 is 32.6 Å². The van der Waals surface area contributed by atoms with Gasteiger partial charge in [-0.1, -0.05) is 17.4 Å². The van der Waals surface area contributed by atoms with Crippen molar-refractivity contribution in [2.75, 3.05) is 18.0 Å². The maximum absolute atomic E-state index is 12.3. The van der Waals surface area contributed by atoms with Gasteiger partial charge >= 0.3 is 0 Å². The van der Waals surface area contributed by atoms with Crippen LogP contribution in [-0.4, -0.2) is 30.0 Å². The molecule has 2 heterocycles. The zero-order valence-electron chi connectivity index (χ0n) is 14.5. The van der Waals surface area contributed by atoms with Crippen LogP contribution in [0, 0.1) is 19.8 Å². The Labute approximate surface area is 147 Å². The van der Waals surface area contributed by atoms with E-state index in [-0.39, 0.29) is 11.8 Å². The third-order valence-electron chi connectivity index (χ3n) is 5.66. The summed E-state index contributed by atoms with van der Waals surface area (Å²) in [5.74, 6) is 0.454. The Morgan fingerprint density at radius 1 is 1.21 bits per heavy atom. The second kappa shape index (κ2) is 6.36. The standard InChI is InChI=1S/C19H25N3OS/c1-12-6-7-16-17(13(12)2)21-19(24-16)22-10-8-14(9-11-22)18(23)20-15-4-3-5-15/h6-7,14-15H,3-5,8-11H2,1-2H3,(H,20,23). The highest BCUT2D eigenvalue weighted by Crippen LogP contribution is 2.34. The minimum absolute atomic E-state index is 0.181. The van der Waals surface area contributed by atoms with Crippen LogP contribution in [0.4, 0.5) is 5.13 Å². The molecule has 0 unspecified atom stereocenters. The van der Waals surface area contributed by atoms with Crippen molar-refractivity contribution in [3.8, 4) is 0 Å². The van der Waals surface area contributed by atoms with Crippen LogP contribution in [0.2, 0.25) is 0 Å². The molecular formula is C19H25N3OS. The number of anilines is 1. The Bertz CT molecular complexity index is 757. The highest BCUT2D eigenvalue weighted by molar-refractivity contribution is 7.22. The number of nitrogens with one attached hydrogen (secondary N) is 1. The van der Waals surface area contributed by atoms with E-state index in [0.29, 0.717) is 6.04 Å². The van der Waals surface area contributed by atoms with Crippen molar-refractivity contribution in [1.29, 1.82) is 0 Å². The summed E-state index contributed by atoms with van der Waals surface area (Å²) in [7, 11) is 0. The summed E-state index contributed by atoms with van der Waals surface area (Å²) in [6.07, 6.45) is 5.46. The molecule has 1 saturated heterocycles. The van der Waals surface area contributed by atoms with Crippen molar-refractivity contribution in [1.82, 2.24) is 10.3 Å². The molecule has 0 spiro atoms. The van der Waals surface area contributed by atoms with Gasteiger partial charge in [-0.05, 0) is 63.1 Å². The summed E-state index contributed by atoms with van der Waals surface area (Å²) < 4.78 is 1.26. The molecule has 4 nitrogen and oxygen atoms in total. The van der Waals surface area contributed by atoms with Crippen LogP contribution < -0.4 is 10.2 Å². The van der Waals surface area contributed by atoms with Crippen LogP contribution in [0.3, 0.4) is 0 Å². The molecule has 2 fully saturated rings. The van der Waals surface area contributed by atoms with Gasteiger partial charge in [-0.15, -0.1) is 0 Å². The maximum Gasteiger partial charge on any atom is 0.223 e. The molecule has 1 N–H and O–H groups in total. The highest BCUT2D eigenvalue weighted by Gasteiger charge is 2.29. The largest absolute Gasteiger partial charge is 0.353 e. The van der Waals surface area contributed by atoms with Gasteiger partial charge in [0.15, 0.2) is 5.13 Å². The first-order valence-electron chi connectivity index (χ1n) is 9.04. The van der Waals surface area contributed by atoms with Gasteiger partial charge in [-0.25, -0.2) is 4.98 Å². The van der Waals surface area contributed by atoms with Crippen LogP contribution in [-0.2, 0) is 4.79 Å². The Hall–Kier alpha value is -1.62. The number of thiazole rings is 1. The van der Waals surface area contributed by atoms with E-state index in [1.54, 1.807) is 11.3 Å². The van der Waals surface area contributed by atoms with Crippen molar-refractivity contribution in [3.63, 3.8) is 0 Å². The minimum Gasteiger partial charge on any atom is -0.353 e. The molecular weight excluding hydrogens is 318 g/mol. The minimum atomic E-state index is 0.181. The number of benzene rings is 1. The first-order valence-corrected chi connectivity index (χ1v) is 9.85.